The molecule has 0 aromatic heterocycles. The molecule has 0 aliphatic heterocycles. The Morgan fingerprint density at radius 1 is 0.783 bits per heavy atom. The summed E-state index contributed by atoms with van der Waals surface area (Å²) in [5, 5.41) is 0. The highest BCUT2D eigenvalue weighted by Gasteiger charge is 2.59. The van der Waals surface area contributed by atoms with E-state index in [9.17, 15) is 52.3 Å². The van der Waals surface area contributed by atoms with Crippen molar-refractivity contribution < 1.29 is 56.9 Å². The lowest BCUT2D eigenvalue weighted by atomic mass is 9.89. The molecule has 0 radical (unpaired) electrons. The highest BCUT2D eigenvalue weighted by molar-refractivity contribution is 7.86. The normalized spacial score (nSPS) is 17.4. The maximum Gasteiger partial charge on any atom is 0.400 e. The minimum absolute atomic E-state index is 1.61. The third-order valence-electron chi connectivity index (χ3n) is 2.84. The lowest BCUT2D eigenvalue weighted by molar-refractivity contribution is -0.297. The molecule has 0 aliphatic rings. The molecule has 0 saturated carbocycles. The van der Waals surface area contributed by atoms with Crippen LogP contribution in [0.25, 0.3) is 0 Å². The van der Waals surface area contributed by atoms with Crippen LogP contribution < -0.4 is 0 Å². The van der Waals surface area contributed by atoms with Crippen LogP contribution in [0.15, 0.2) is 0 Å². The molecule has 23 heavy (non-hydrogen) atoms. The molecular formula is C9H10F10O3S. The summed E-state index contributed by atoms with van der Waals surface area (Å²) in [6, 6.07) is 0. The summed E-state index contributed by atoms with van der Waals surface area (Å²) in [6.45, 7) is 0. The van der Waals surface area contributed by atoms with Crippen molar-refractivity contribution in [3.8, 4) is 0 Å². The van der Waals surface area contributed by atoms with E-state index in [-0.39, 0.29) is 0 Å². The van der Waals surface area contributed by atoms with Crippen molar-refractivity contribution in [2.75, 3.05) is 0 Å². The summed E-state index contributed by atoms with van der Waals surface area (Å²) in [4.78, 5) is 0. The fourth-order valence-electron chi connectivity index (χ4n) is 1.63. The van der Waals surface area contributed by atoms with Crippen molar-refractivity contribution in [2.24, 2.45) is 11.8 Å². The van der Waals surface area contributed by atoms with Crippen LogP contribution in [0.3, 0.4) is 0 Å². The Kier molecular flexibility index (Phi) is 6.75. The Hall–Kier alpha value is -0.790. The molecule has 14 heteroatoms. The minimum Gasteiger partial charge on any atom is -0.283 e. The summed E-state index contributed by atoms with van der Waals surface area (Å²) >= 11 is 0. The van der Waals surface area contributed by atoms with Crippen molar-refractivity contribution in [1.29, 1.82) is 0 Å². The first-order valence-corrected chi connectivity index (χ1v) is 7.17. The molecule has 0 fully saturated rings. The van der Waals surface area contributed by atoms with Crippen LogP contribution >= 0.6 is 0 Å². The van der Waals surface area contributed by atoms with Gasteiger partial charge in [0.1, 0.15) is 0 Å². The third kappa shape index (κ3) is 7.54. The number of rotatable bonds is 6. The third-order valence-corrected chi connectivity index (χ3v) is 3.72. The standard InChI is InChI=1S/C9H10F10O3S/c10-6(23(20,21)22)2-1-4(7(11,12)13)3-5(8(14,15)16)9(17,18)19/h4-6H,1-3H2,(H,20,21,22). The van der Waals surface area contributed by atoms with E-state index < -0.39 is 65.2 Å². The van der Waals surface area contributed by atoms with Gasteiger partial charge < -0.3 is 0 Å². The van der Waals surface area contributed by atoms with Crippen LogP contribution in [0.2, 0.25) is 0 Å². The average molecular weight is 388 g/mol. The highest BCUT2D eigenvalue weighted by atomic mass is 32.2. The molecule has 0 bridgehead atoms. The Morgan fingerprint density at radius 2 is 1.17 bits per heavy atom. The van der Waals surface area contributed by atoms with E-state index in [2.05, 4.69) is 0 Å². The summed E-state index contributed by atoms with van der Waals surface area (Å²) in [6.07, 6.45) is -23.3. The molecule has 140 valence electrons. The van der Waals surface area contributed by atoms with Gasteiger partial charge in [0.05, 0.1) is 5.92 Å². The van der Waals surface area contributed by atoms with E-state index in [1.54, 1.807) is 0 Å². The van der Waals surface area contributed by atoms with E-state index in [1.807, 2.05) is 0 Å². The SMILES string of the molecule is O=S(=O)(O)C(F)CCC(CC(C(F)(F)F)C(F)(F)F)C(F)(F)F. The quantitative estimate of drug-likeness (QED) is 0.547. The zero-order chi connectivity index (χ0) is 18.9. The molecule has 0 amide bonds. The van der Waals surface area contributed by atoms with Gasteiger partial charge in [-0.25, -0.2) is 4.39 Å². The second kappa shape index (κ2) is 6.99. The molecule has 2 atom stereocenters. The number of hydrogen-bond acceptors (Lipinski definition) is 2. The molecule has 0 aliphatic carbocycles. The second-order valence-electron chi connectivity index (χ2n) is 4.61. The van der Waals surface area contributed by atoms with Gasteiger partial charge in [-0.1, -0.05) is 0 Å². The van der Waals surface area contributed by atoms with E-state index in [0.29, 0.717) is 0 Å². The molecule has 2 unspecified atom stereocenters. The van der Waals surface area contributed by atoms with Gasteiger partial charge >= 0.3 is 18.5 Å². The Bertz CT molecular complexity index is 463. The van der Waals surface area contributed by atoms with Crippen LogP contribution in [0.4, 0.5) is 43.9 Å². The topological polar surface area (TPSA) is 54.4 Å². The molecule has 3 nitrogen and oxygen atoms in total. The van der Waals surface area contributed by atoms with Gasteiger partial charge in [-0.05, 0) is 19.3 Å². The van der Waals surface area contributed by atoms with Crippen LogP contribution in [0, 0.1) is 11.8 Å². The first-order valence-electron chi connectivity index (χ1n) is 5.67. The molecule has 0 aromatic carbocycles. The maximum atomic E-state index is 12.8. The first kappa shape index (κ1) is 22.2. The van der Waals surface area contributed by atoms with E-state index in [1.165, 1.54) is 0 Å². The molecule has 0 saturated heterocycles. The number of halogens is 10. The fraction of sp³-hybridized carbons (Fsp3) is 1.00. The van der Waals surface area contributed by atoms with Gasteiger partial charge in [-0.3, -0.25) is 4.55 Å². The van der Waals surface area contributed by atoms with Gasteiger partial charge in [-0.2, -0.15) is 47.9 Å². The van der Waals surface area contributed by atoms with Crippen molar-refractivity contribution >= 4 is 10.1 Å². The average Bonchev–Trinajstić information content (AvgIpc) is 2.21. The number of alkyl halides is 10. The van der Waals surface area contributed by atoms with Gasteiger partial charge in [0.25, 0.3) is 10.1 Å². The Morgan fingerprint density at radius 3 is 1.43 bits per heavy atom. The largest absolute Gasteiger partial charge is 0.400 e. The monoisotopic (exact) mass is 388 g/mol. The maximum absolute atomic E-state index is 12.8. The summed E-state index contributed by atoms with van der Waals surface area (Å²) in [7, 11) is -5.41. The molecule has 0 aromatic rings. The van der Waals surface area contributed by atoms with E-state index in [0.717, 1.165) is 0 Å². The fourth-order valence-corrected chi connectivity index (χ4v) is 2.07. The predicted octanol–water partition coefficient (Wildman–Crippen LogP) is 4.26. The second-order valence-corrected chi connectivity index (χ2v) is 6.15. The van der Waals surface area contributed by atoms with Gasteiger partial charge in [-0.15, -0.1) is 0 Å². The highest BCUT2D eigenvalue weighted by Crippen LogP contribution is 2.46. The van der Waals surface area contributed by atoms with E-state index >= 15 is 0 Å². The molecule has 0 rings (SSSR count). The van der Waals surface area contributed by atoms with Gasteiger partial charge in [0, 0.05) is 0 Å². The van der Waals surface area contributed by atoms with Crippen LogP contribution in [0.5, 0.6) is 0 Å². The molecule has 1 N–H and O–H groups in total. The first-order chi connectivity index (χ1) is 9.87. The summed E-state index contributed by atoms with van der Waals surface area (Å²) < 4.78 is 153. The lowest BCUT2D eigenvalue weighted by Gasteiger charge is -2.28. The molecule has 0 heterocycles. The zero-order valence-electron chi connectivity index (χ0n) is 10.8. The number of hydrogen-bond donors (Lipinski definition) is 1. The predicted molar refractivity (Wildman–Crippen MR) is 55.4 cm³/mol. The lowest BCUT2D eigenvalue weighted by Crippen LogP contribution is -2.40. The minimum atomic E-state index is -6.01. The van der Waals surface area contributed by atoms with Crippen molar-refractivity contribution in [3.63, 3.8) is 0 Å². The van der Waals surface area contributed by atoms with Crippen molar-refractivity contribution in [3.05, 3.63) is 0 Å². The Balaban J connectivity index is 5.28. The van der Waals surface area contributed by atoms with Gasteiger partial charge in [0.15, 0.2) is 5.92 Å². The molecule has 0 spiro atoms. The Labute approximate surface area is 123 Å². The smallest absolute Gasteiger partial charge is 0.283 e. The van der Waals surface area contributed by atoms with Gasteiger partial charge in [0.2, 0.25) is 5.50 Å². The van der Waals surface area contributed by atoms with Crippen LogP contribution in [0.1, 0.15) is 19.3 Å². The van der Waals surface area contributed by atoms with Crippen LogP contribution in [-0.4, -0.2) is 37.0 Å². The van der Waals surface area contributed by atoms with E-state index in [4.69, 9.17) is 4.55 Å². The van der Waals surface area contributed by atoms with Crippen LogP contribution in [-0.2, 0) is 10.1 Å². The summed E-state index contributed by atoms with van der Waals surface area (Å²) in [5.41, 5.74) is -3.25. The zero-order valence-corrected chi connectivity index (χ0v) is 11.6. The molecular weight excluding hydrogens is 378 g/mol. The van der Waals surface area contributed by atoms with Crippen molar-refractivity contribution in [2.45, 2.75) is 43.3 Å². The summed E-state index contributed by atoms with van der Waals surface area (Å²) in [5.74, 6) is -7.55. The van der Waals surface area contributed by atoms with Crippen molar-refractivity contribution in [1.82, 2.24) is 0 Å².